The maximum absolute atomic E-state index is 11.0. The second kappa shape index (κ2) is 5.90. The van der Waals surface area contributed by atoms with Crippen LogP contribution in [0, 0.1) is 10.1 Å². The van der Waals surface area contributed by atoms with E-state index in [2.05, 4.69) is 4.74 Å². The van der Waals surface area contributed by atoms with E-state index in [1.54, 1.807) is 6.92 Å². The van der Waals surface area contributed by atoms with Gasteiger partial charge in [-0.05, 0) is 19.1 Å². The molecular weight excluding hydrogens is 246 g/mol. The average molecular weight is 255 g/mol. The monoisotopic (exact) mass is 255 g/mol. The van der Waals surface area contributed by atoms with Gasteiger partial charge in [-0.1, -0.05) is 11.3 Å². The summed E-state index contributed by atoms with van der Waals surface area (Å²) in [4.78, 5) is 31.8. The minimum absolute atomic E-state index is 0.173. The number of ether oxygens (including phenoxy) is 1. The number of rotatable bonds is 5. The number of nitrogens with zero attached hydrogens (tertiary/aromatic N) is 1. The van der Waals surface area contributed by atoms with Crippen molar-refractivity contribution in [2.75, 3.05) is 6.61 Å². The van der Waals surface area contributed by atoms with Crippen molar-refractivity contribution in [3.05, 3.63) is 32.7 Å². The lowest BCUT2D eigenvalue weighted by molar-refractivity contribution is -0.380. The number of carbonyl (C=O) groups excluding carboxylic acids is 2. The second-order valence-corrected chi connectivity index (χ2v) is 3.93. The first kappa shape index (κ1) is 13.0. The summed E-state index contributed by atoms with van der Waals surface area (Å²) in [5, 5.41) is 10.5. The maximum atomic E-state index is 11.0. The highest BCUT2D eigenvalue weighted by molar-refractivity contribution is 7.17. The molecule has 1 aromatic heterocycles. The smallest absolute Gasteiger partial charge is 0.331 e. The third kappa shape index (κ3) is 3.49. The van der Waals surface area contributed by atoms with Crippen LogP contribution in [0.1, 0.15) is 22.2 Å². The maximum Gasteiger partial charge on any atom is 0.331 e. The molecule has 7 heteroatoms. The lowest BCUT2D eigenvalue weighted by atomic mass is 10.2. The first-order chi connectivity index (χ1) is 8.08. The summed E-state index contributed by atoms with van der Waals surface area (Å²) < 4.78 is 4.64. The molecule has 0 radical (unpaired) electrons. The number of hydrogen-bond acceptors (Lipinski definition) is 6. The molecule has 0 aliphatic heterocycles. The summed E-state index contributed by atoms with van der Waals surface area (Å²) in [6.07, 6.45) is 2.88. The Balaban J connectivity index is 2.96. The molecule has 0 aromatic carbocycles. The fourth-order valence-electron chi connectivity index (χ4n) is 1.08. The molecule has 0 spiro atoms. The van der Waals surface area contributed by atoms with Gasteiger partial charge in [-0.25, -0.2) is 4.79 Å². The molecule has 0 N–H and O–H groups in total. The summed E-state index contributed by atoms with van der Waals surface area (Å²) in [6.45, 7) is 1.89. The molecule has 1 heterocycles. The number of nitro groups is 1. The van der Waals surface area contributed by atoms with Gasteiger partial charge in [0.15, 0.2) is 6.29 Å². The van der Waals surface area contributed by atoms with Crippen LogP contribution >= 0.6 is 11.3 Å². The van der Waals surface area contributed by atoms with Gasteiger partial charge >= 0.3 is 11.0 Å². The van der Waals surface area contributed by atoms with Crippen molar-refractivity contribution in [1.82, 2.24) is 0 Å². The largest absolute Gasteiger partial charge is 0.463 e. The van der Waals surface area contributed by atoms with E-state index in [9.17, 15) is 19.7 Å². The summed E-state index contributed by atoms with van der Waals surface area (Å²) in [7, 11) is 0. The Hall–Kier alpha value is -2.02. The van der Waals surface area contributed by atoms with Crippen LogP contribution < -0.4 is 0 Å². The van der Waals surface area contributed by atoms with Crippen LogP contribution in [0.2, 0.25) is 0 Å². The predicted octanol–water partition coefficient (Wildman–Crippen LogP) is 2.05. The highest BCUT2D eigenvalue weighted by Gasteiger charge is 2.17. The second-order valence-electron chi connectivity index (χ2n) is 2.87. The molecule has 0 amide bonds. The molecule has 0 saturated heterocycles. The Kier molecular flexibility index (Phi) is 4.53. The van der Waals surface area contributed by atoms with Gasteiger partial charge in [0.2, 0.25) is 0 Å². The van der Waals surface area contributed by atoms with Crippen molar-refractivity contribution in [3.8, 4) is 0 Å². The highest BCUT2D eigenvalue weighted by atomic mass is 32.1. The van der Waals surface area contributed by atoms with Gasteiger partial charge < -0.3 is 4.74 Å². The molecule has 6 nitrogen and oxygen atoms in total. The number of esters is 1. The molecule has 0 aliphatic carbocycles. The SMILES string of the molecule is CCOC(=O)C=Cc1cc(C=O)sc1[N+](=O)[O-]. The van der Waals surface area contributed by atoms with Crippen molar-refractivity contribution >= 4 is 34.7 Å². The van der Waals surface area contributed by atoms with E-state index >= 15 is 0 Å². The van der Waals surface area contributed by atoms with E-state index in [1.807, 2.05) is 0 Å². The van der Waals surface area contributed by atoms with Crippen LogP contribution in [0.4, 0.5) is 5.00 Å². The fraction of sp³-hybridized carbons (Fsp3) is 0.200. The zero-order valence-corrected chi connectivity index (χ0v) is 9.73. The molecule has 0 fully saturated rings. The zero-order valence-electron chi connectivity index (χ0n) is 8.91. The van der Waals surface area contributed by atoms with Crippen LogP contribution in [-0.4, -0.2) is 23.8 Å². The molecule has 90 valence electrons. The Morgan fingerprint density at radius 2 is 2.35 bits per heavy atom. The van der Waals surface area contributed by atoms with Crippen LogP contribution in [-0.2, 0) is 9.53 Å². The van der Waals surface area contributed by atoms with E-state index in [0.29, 0.717) is 6.29 Å². The van der Waals surface area contributed by atoms with Crippen LogP contribution in [0.3, 0.4) is 0 Å². The first-order valence-electron chi connectivity index (χ1n) is 4.66. The van der Waals surface area contributed by atoms with Crippen molar-refractivity contribution in [1.29, 1.82) is 0 Å². The standard InChI is InChI=1S/C10H9NO5S/c1-2-16-9(13)4-3-7-5-8(6-12)17-10(7)11(14)15/h3-6H,2H2,1H3. The normalized spacial score (nSPS) is 10.4. The van der Waals surface area contributed by atoms with Gasteiger partial charge in [0.05, 0.1) is 22.0 Å². The minimum atomic E-state index is -0.595. The van der Waals surface area contributed by atoms with Crippen molar-refractivity contribution in [2.24, 2.45) is 0 Å². The lowest BCUT2D eigenvalue weighted by Gasteiger charge is -1.93. The quantitative estimate of drug-likeness (QED) is 0.264. The van der Waals surface area contributed by atoms with E-state index in [1.165, 1.54) is 12.1 Å². The fourth-order valence-corrected chi connectivity index (χ4v) is 1.86. The first-order valence-corrected chi connectivity index (χ1v) is 5.48. The summed E-state index contributed by atoms with van der Waals surface area (Å²) in [5.74, 6) is -0.583. The molecule has 0 bridgehead atoms. The topological polar surface area (TPSA) is 86.5 Å². The molecule has 0 atom stereocenters. The van der Waals surface area contributed by atoms with Gasteiger partial charge in [0.25, 0.3) is 0 Å². The van der Waals surface area contributed by atoms with Gasteiger partial charge in [-0.3, -0.25) is 14.9 Å². The molecule has 0 unspecified atom stereocenters. The van der Waals surface area contributed by atoms with Crippen LogP contribution in [0.15, 0.2) is 12.1 Å². The van der Waals surface area contributed by atoms with E-state index in [4.69, 9.17) is 0 Å². The van der Waals surface area contributed by atoms with Crippen molar-refractivity contribution < 1.29 is 19.2 Å². The van der Waals surface area contributed by atoms with Gasteiger partial charge in [-0.15, -0.1) is 0 Å². The number of aldehydes is 1. The van der Waals surface area contributed by atoms with Gasteiger partial charge in [-0.2, -0.15) is 0 Å². The summed E-state index contributed by atoms with van der Waals surface area (Å²) in [6, 6.07) is 1.35. The number of carbonyl (C=O) groups is 2. The number of thiophene rings is 1. The van der Waals surface area contributed by atoms with Crippen LogP contribution in [0.25, 0.3) is 6.08 Å². The van der Waals surface area contributed by atoms with Crippen molar-refractivity contribution in [3.63, 3.8) is 0 Å². The van der Waals surface area contributed by atoms with Gasteiger partial charge in [0, 0.05) is 6.08 Å². The van der Waals surface area contributed by atoms with E-state index < -0.39 is 10.9 Å². The summed E-state index contributed by atoms with van der Waals surface area (Å²) >= 11 is 0.762. The predicted molar refractivity (Wildman–Crippen MR) is 62.0 cm³/mol. The summed E-state index contributed by atoms with van der Waals surface area (Å²) in [5.41, 5.74) is 0.218. The van der Waals surface area contributed by atoms with E-state index in [-0.39, 0.29) is 22.0 Å². The van der Waals surface area contributed by atoms with E-state index in [0.717, 1.165) is 17.4 Å². The molecule has 1 rings (SSSR count). The Morgan fingerprint density at radius 3 is 2.88 bits per heavy atom. The number of hydrogen-bond donors (Lipinski definition) is 0. The third-order valence-electron chi connectivity index (χ3n) is 1.73. The molecule has 1 aromatic rings. The minimum Gasteiger partial charge on any atom is -0.463 e. The molecule has 17 heavy (non-hydrogen) atoms. The lowest BCUT2D eigenvalue weighted by Crippen LogP contribution is -1.98. The third-order valence-corrected chi connectivity index (χ3v) is 2.75. The average Bonchev–Trinajstić information content (AvgIpc) is 2.70. The Labute approximate surface area is 101 Å². The molecule has 0 saturated carbocycles. The van der Waals surface area contributed by atoms with Crippen LogP contribution in [0.5, 0.6) is 0 Å². The van der Waals surface area contributed by atoms with Gasteiger partial charge in [0.1, 0.15) is 0 Å². The Morgan fingerprint density at radius 1 is 1.65 bits per heavy atom. The highest BCUT2D eigenvalue weighted by Crippen LogP contribution is 2.30. The zero-order chi connectivity index (χ0) is 12.8. The Bertz CT molecular complexity index is 477. The van der Waals surface area contributed by atoms with Crippen molar-refractivity contribution in [2.45, 2.75) is 6.92 Å². The molecule has 0 aliphatic rings. The molecular formula is C10H9NO5S.